The molecule has 3 aromatic rings. The van der Waals surface area contributed by atoms with Crippen LogP contribution in [0.4, 0.5) is 0 Å². The van der Waals surface area contributed by atoms with Gasteiger partial charge in [-0.15, -0.1) is 0 Å². The monoisotopic (exact) mass is 252 g/mol. The Labute approximate surface area is 110 Å². The molecule has 0 amide bonds. The number of benzene rings is 2. The number of hydrogen-bond donors (Lipinski definition) is 0. The van der Waals surface area contributed by atoms with E-state index < -0.39 is 0 Å². The third-order valence-electron chi connectivity index (χ3n) is 3.04. The molecule has 0 fully saturated rings. The zero-order valence-electron chi connectivity index (χ0n) is 10.4. The Morgan fingerprint density at radius 1 is 1.16 bits per heavy atom. The Hall–Kier alpha value is -2.62. The second-order valence-corrected chi connectivity index (χ2v) is 4.13. The van der Waals surface area contributed by atoms with Gasteiger partial charge in [-0.05, 0) is 17.5 Å². The van der Waals surface area contributed by atoms with Crippen LogP contribution in [0.15, 0.2) is 54.9 Å². The molecule has 4 nitrogen and oxygen atoms in total. The molecule has 0 aliphatic heterocycles. The van der Waals surface area contributed by atoms with Crippen molar-refractivity contribution in [1.29, 1.82) is 0 Å². The molecule has 0 saturated carbocycles. The predicted molar refractivity (Wildman–Crippen MR) is 72.4 cm³/mol. The largest absolute Gasteiger partial charge is 0.465 e. The molecule has 0 aliphatic carbocycles. The van der Waals surface area contributed by atoms with Gasteiger partial charge in [0.1, 0.15) is 0 Å². The van der Waals surface area contributed by atoms with Crippen LogP contribution in [-0.2, 0) is 4.74 Å². The van der Waals surface area contributed by atoms with Gasteiger partial charge in [-0.2, -0.15) is 5.10 Å². The Morgan fingerprint density at radius 3 is 2.74 bits per heavy atom. The van der Waals surface area contributed by atoms with E-state index in [-0.39, 0.29) is 5.97 Å². The second kappa shape index (κ2) is 4.57. The van der Waals surface area contributed by atoms with Gasteiger partial charge in [0.2, 0.25) is 0 Å². The summed E-state index contributed by atoms with van der Waals surface area (Å²) in [6, 6.07) is 13.4. The number of nitrogens with zero attached hydrogens (tertiary/aromatic N) is 2. The molecule has 94 valence electrons. The summed E-state index contributed by atoms with van der Waals surface area (Å²) >= 11 is 0. The molecule has 4 heteroatoms. The minimum atomic E-state index is -0.365. The highest BCUT2D eigenvalue weighted by Gasteiger charge is 2.16. The zero-order valence-corrected chi connectivity index (χ0v) is 10.4. The van der Waals surface area contributed by atoms with Gasteiger partial charge in [-0.3, -0.25) is 0 Å². The molecule has 3 rings (SSSR count). The zero-order chi connectivity index (χ0) is 13.2. The lowest BCUT2D eigenvalue weighted by Crippen LogP contribution is -2.08. The SMILES string of the molecule is COC(=O)c1ccc2ccccc2c1-n1cccn1. The molecule has 0 N–H and O–H groups in total. The van der Waals surface area contributed by atoms with Crippen LogP contribution in [-0.4, -0.2) is 22.9 Å². The first-order valence-electron chi connectivity index (χ1n) is 5.91. The number of ether oxygens (including phenoxy) is 1. The quantitative estimate of drug-likeness (QED) is 0.659. The topological polar surface area (TPSA) is 44.1 Å². The number of carbonyl (C=O) groups is 1. The highest BCUT2D eigenvalue weighted by atomic mass is 16.5. The Kier molecular flexibility index (Phi) is 2.76. The Morgan fingerprint density at radius 2 is 2.00 bits per heavy atom. The predicted octanol–water partition coefficient (Wildman–Crippen LogP) is 2.81. The van der Waals surface area contributed by atoms with E-state index in [1.807, 2.05) is 42.6 Å². The molecule has 0 unspecified atom stereocenters. The van der Waals surface area contributed by atoms with E-state index in [1.165, 1.54) is 7.11 Å². The number of rotatable bonds is 2. The summed E-state index contributed by atoms with van der Waals surface area (Å²) in [5.74, 6) is -0.365. The summed E-state index contributed by atoms with van der Waals surface area (Å²) in [6.07, 6.45) is 3.50. The van der Waals surface area contributed by atoms with Gasteiger partial charge in [-0.25, -0.2) is 9.48 Å². The molecule has 0 atom stereocenters. The summed E-state index contributed by atoms with van der Waals surface area (Å²) in [4.78, 5) is 11.9. The van der Waals surface area contributed by atoms with Crippen molar-refractivity contribution in [3.05, 3.63) is 60.4 Å². The van der Waals surface area contributed by atoms with Crippen LogP contribution in [0, 0.1) is 0 Å². The number of esters is 1. The van der Waals surface area contributed by atoms with Gasteiger partial charge in [-0.1, -0.05) is 30.3 Å². The number of methoxy groups -OCH3 is 1. The van der Waals surface area contributed by atoms with E-state index in [9.17, 15) is 4.79 Å². The van der Waals surface area contributed by atoms with E-state index in [1.54, 1.807) is 16.9 Å². The Bertz CT molecular complexity index is 733. The summed E-state index contributed by atoms with van der Waals surface area (Å²) in [5, 5.41) is 6.25. The number of fused-ring (bicyclic) bond motifs is 1. The first-order chi connectivity index (χ1) is 9.31. The van der Waals surface area contributed by atoms with Crippen molar-refractivity contribution < 1.29 is 9.53 Å². The molecule has 0 aliphatic rings. The van der Waals surface area contributed by atoms with Gasteiger partial charge in [0.05, 0.1) is 18.4 Å². The highest BCUT2D eigenvalue weighted by Crippen LogP contribution is 2.26. The van der Waals surface area contributed by atoms with Crippen LogP contribution in [0.3, 0.4) is 0 Å². The van der Waals surface area contributed by atoms with Gasteiger partial charge < -0.3 is 4.74 Å². The average Bonchev–Trinajstić information content (AvgIpc) is 2.99. The van der Waals surface area contributed by atoms with Gasteiger partial charge in [0, 0.05) is 17.8 Å². The summed E-state index contributed by atoms with van der Waals surface area (Å²) in [5.41, 5.74) is 1.25. The van der Waals surface area contributed by atoms with Crippen molar-refractivity contribution >= 4 is 16.7 Å². The molecular weight excluding hydrogens is 240 g/mol. The molecule has 0 saturated heterocycles. The van der Waals surface area contributed by atoms with Crippen molar-refractivity contribution in [3.8, 4) is 5.69 Å². The fraction of sp³-hybridized carbons (Fsp3) is 0.0667. The maximum absolute atomic E-state index is 11.9. The van der Waals surface area contributed by atoms with E-state index in [4.69, 9.17) is 4.74 Å². The molecule has 0 radical (unpaired) electrons. The first kappa shape index (κ1) is 11.5. The van der Waals surface area contributed by atoms with Crippen molar-refractivity contribution in [3.63, 3.8) is 0 Å². The van der Waals surface area contributed by atoms with Crippen LogP contribution in [0.1, 0.15) is 10.4 Å². The summed E-state index contributed by atoms with van der Waals surface area (Å²) < 4.78 is 6.53. The minimum Gasteiger partial charge on any atom is -0.465 e. The lowest BCUT2D eigenvalue weighted by molar-refractivity contribution is 0.0601. The molecule has 1 heterocycles. The molecule has 19 heavy (non-hydrogen) atoms. The van der Waals surface area contributed by atoms with Crippen molar-refractivity contribution in [1.82, 2.24) is 9.78 Å². The summed E-state index contributed by atoms with van der Waals surface area (Å²) in [6.45, 7) is 0. The average molecular weight is 252 g/mol. The minimum absolute atomic E-state index is 0.365. The number of hydrogen-bond acceptors (Lipinski definition) is 3. The lowest BCUT2D eigenvalue weighted by atomic mass is 10.0. The van der Waals surface area contributed by atoms with E-state index in [0.717, 1.165) is 16.5 Å². The maximum atomic E-state index is 11.9. The molecular formula is C15H12N2O2. The van der Waals surface area contributed by atoms with Crippen LogP contribution in [0.25, 0.3) is 16.5 Å². The van der Waals surface area contributed by atoms with Crippen LogP contribution >= 0.6 is 0 Å². The maximum Gasteiger partial charge on any atom is 0.340 e. The summed E-state index contributed by atoms with van der Waals surface area (Å²) in [7, 11) is 1.38. The fourth-order valence-electron chi connectivity index (χ4n) is 2.18. The van der Waals surface area contributed by atoms with Gasteiger partial charge in [0.15, 0.2) is 0 Å². The number of aromatic nitrogens is 2. The molecule has 1 aromatic heterocycles. The molecule has 2 aromatic carbocycles. The first-order valence-corrected chi connectivity index (χ1v) is 5.91. The van der Waals surface area contributed by atoms with Gasteiger partial charge >= 0.3 is 5.97 Å². The van der Waals surface area contributed by atoms with E-state index in [0.29, 0.717) is 5.56 Å². The van der Waals surface area contributed by atoms with Crippen molar-refractivity contribution in [2.75, 3.05) is 7.11 Å². The second-order valence-electron chi connectivity index (χ2n) is 4.13. The fourth-order valence-corrected chi connectivity index (χ4v) is 2.18. The van der Waals surface area contributed by atoms with Crippen LogP contribution < -0.4 is 0 Å². The van der Waals surface area contributed by atoms with Crippen molar-refractivity contribution in [2.45, 2.75) is 0 Å². The van der Waals surface area contributed by atoms with Crippen molar-refractivity contribution in [2.24, 2.45) is 0 Å². The standard InChI is InChI=1S/C15H12N2O2/c1-19-15(18)13-8-7-11-5-2-3-6-12(11)14(13)17-10-4-9-16-17/h2-10H,1H3. The molecule has 0 spiro atoms. The lowest BCUT2D eigenvalue weighted by Gasteiger charge is -2.11. The normalized spacial score (nSPS) is 10.6. The van der Waals surface area contributed by atoms with Gasteiger partial charge in [0.25, 0.3) is 0 Å². The number of carbonyl (C=O) groups excluding carboxylic acids is 1. The smallest absolute Gasteiger partial charge is 0.340 e. The Balaban J connectivity index is 2.38. The van der Waals surface area contributed by atoms with E-state index in [2.05, 4.69) is 5.10 Å². The van der Waals surface area contributed by atoms with Crippen LogP contribution in [0.5, 0.6) is 0 Å². The third kappa shape index (κ3) is 1.87. The molecule has 0 bridgehead atoms. The third-order valence-corrected chi connectivity index (χ3v) is 3.04. The highest BCUT2D eigenvalue weighted by molar-refractivity contribution is 6.02. The van der Waals surface area contributed by atoms with E-state index >= 15 is 0 Å². The van der Waals surface area contributed by atoms with Crippen LogP contribution in [0.2, 0.25) is 0 Å².